The highest BCUT2D eigenvalue weighted by atomic mass is 19.4. The Morgan fingerprint density at radius 1 is 0.792 bits per heavy atom. The minimum Gasteiger partial charge on any atom is -0.487 e. The Hall–Kier alpha value is -5.26. The Morgan fingerprint density at radius 2 is 1.40 bits per heavy atom. The number of benzene rings is 3. The maximum absolute atomic E-state index is 13.2. The molecule has 0 aliphatic heterocycles. The zero-order valence-electron chi connectivity index (χ0n) is 31.8. The van der Waals surface area contributed by atoms with Crippen LogP contribution in [0.5, 0.6) is 5.75 Å². The number of oxazole rings is 1. The molecule has 0 atom stereocenters. The van der Waals surface area contributed by atoms with Crippen molar-refractivity contribution in [2.24, 2.45) is 0 Å². The van der Waals surface area contributed by atoms with Gasteiger partial charge in [-0.1, -0.05) is 63.2 Å². The molecule has 284 valence electrons. The molecule has 3 aromatic carbocycles. The number of hydrogen-bond donors (Lipinski definition) is 0. The van der Waals surface area contributed by atoms with Gasteiger partial charge in [0.05, 0.1) is 12.1 Å². The molecular formula is C41H47F3N2O7. The number of carbonyl (C=O) groups excluding carboxylic acids is 2. The molecule has 0 radical (unpaired) electrons. The maximum atomic E-state index is 13.2. The fraction of sp³-hybridized carbons (Fsp3) is 0.390. The number of halogens is 3. The average Bonchev–Trinajstić information content (AvgIpc) is 3.41. The van der Waals surface area contributed by atoms with Crippen molar-refractivity contribution < 1.29 is 46.2 Å². The van der Waals surface area contributed by atoms with Crippen molar-refractivity contribution in [2.45, 2.75) is 98.6 Å². The predicted molar refractivity (Wildman–Crippen MR) is 195 cm³/mol. The van der Waals surface area contributed by atoms with Crippen LogP contribution in [0.15, 0.2) is 83.3 Å². The van der Waals surface area contributed by atoms with Crippen molar-refractivity contribution in [3.05, 3.63) is 113 Å². The number of hydroxylamine groups is 2. The third kappa shape index (κ3) is 11.9. The second kappa shape index (κ2) is 15.8. The molecule has 0 spiro atoms. The minimum absolute atomic E-state index is 0.0227. The van der Waals surface area contributed by atoms with Crippen LogP contribution in [0, 0.1) is 6.92 Å². The standard InChI is InChI=1S/C41H47F3N2O7/c1-26-34(45-35(50-26)28-16-20-31(21-17-28)41(42,43)44)25-49-32-13-11-12-29(24-32)33(27-14-18-30(19-15-27)38(2,3)4)22-23-46(36(47)51-39(5,6)7)53-37(48)52-40(8,9)10/h11-22,24H,23,25H2,1-10H3/b33-22+. The summed E-state index contributed by atoms with van der Waals surface area (Å²) in [5.41, 5.74) is 1.69. The molecule has 1 aromatic heterocycles. The molecule has 0 aliphatic rings. The second-order valence-corrected chi connectivity index (χ2v) is 15.5. The van der Waals surface area contributed by atoms with E-state index in [2.05, 4.69) is 25.8 Å². The van der Waals surface area contributed by atoms with Crippen molar-refractivity contribution in [3.63, 3.8) is 0 Å². The van der Waals surface area contributed by atoms with Gasteiger partial charge in [-0.25, -0.2) is 14.6 Å². The van der Waals surface area contributed by atoms with E-state index in [0.29, 0.717) is 28.3 Å². The lowest BCUT2D eigenvalue weighted by molar-refractivity contribution is -0.137. The smallest absolute Gasteiger partial charge is 0.487 e. The van der Waals surface area contributed by atoms with E-state index in [-0.39, 0.29) is 24.5 Å². The van der Waals surface area contributed by atoms with E-state index in [1.807, 2.05) is 42.5 Å². The number of aryl methyl sites for hydroxylation is 1. The fourth-order valence-corrected chi connectivity index (χ4v) is 4.94. The Balaban J connectivity index is 1.64. The van der Waals surface area contributed by atoms with Crippen LogP contribution in [0.25, 0.3) is 17.0 Å². The van der Waals surface area contributed by atoms with E-state index in [9.17, 15) is 22.8 Å². The lowest BCUT2D eigenvalue weighted by Crippen LogP contribution is -2.40. The highest BCUT2D eigenvalue weighted by Gasteiger charge is 2.31. The number of carbonyl (C=O) groups is 2. The minimum atomic E-state index is -4.45. The lowest BCUT2D eigenvalue weighted by Gasteiger charge is -2.27. The molecule has 0 fully saturated rings. The summed E-state index contributed by atoms with van der Waals surface area (Å²) in [5.74, 6) is 1.13. The number of alkyl halides is 3. The fourth-order valence-electron chi connectivity index (χ4n) is 4.94. The molecule has 4 aromatic rings. The summed E-state index contributed by atoms with van der Waals surface area (Å²) in [5, 5.41) is 0.810. The molecule has 1 heterocycles. The van der Waals surface area contributed by atoms with Gasteiger partial charge in [0.2, 0.25) is 5.89 Å². The van der Waals surface area contributed by atoms with Crippen LogP contribution in [-0.4, -0.2) is 40.0 Å². The second-order valence-electron chi connectivity index (χ2n) is 15.5. The number of amides is 1. The molecule has 0 unspecified atom stereocenters. The van der Waals surface area contributed by atoms with E-state index in [1.54, 1.807) is 60.6 Å². The highest BCUT2D eigenvalue weighted by Crippen LogP contribution is 2.33. The van der Waals surface area contributed by atoms with Crippen LogP contribution in [-0.2, 0) is 32.5 Å². The molecule has 0 bridgehead atoms. The summed E-state index contributed by atoms with van der Waals surface area (Å²) in [6.45, 7) is 18.1. The number of aromatic nitrogens is 1. The summed E-state index contributed by atoms with van der Waals surface area (Å²) >= 11 is 0. The van der Waals surface area contributed by atoms with E-state index < -0.39 is 35.2 Å². The monoisotopic (exact) mass is 736 g/mol. The SMILES string of the molecule is Cc1oc(-c2ccc(C(F)(F)F)cc2)nc1COc1cccc(/C(=C/CN(OC(=O)OC(C)(C)C)C(=O)OC(C)(C)C)c2ccc(C(C)(C)C)cc2)c1. The summed E-state index contributed by atoms with van der Waals surface area (Å²) in [6, 6.07) is 19.9. The third-order valence-electron chi connectivity index (χ3n) is 7.57. The summed E-state index contributed by atoms with van der Waals surface area (Å²) < 4.78 is 61.8. The van der Waals surface area contributed by atoms with Crippen molar-refractivity contribution in [1.29, 1.82) is 0 Å². The van der Waals surface area contributed by atoms with Gasteiger partial charge in [0.15, 0.2) is 0 Å². The number of nitrogens with zero attached hydrogens (tertiary/aromatic N) is 2. The van der Waals surface area contributed by atoms with Gasteiger partial charge in [0, 0.05) is 5.56 Å². The Kier molecular flexibility index (Phi) is 12.1. The van der Waals surface area contributed by atoms with Gasteiger partial charge in [0.1, 0.15) is 35.0 Å². The molecule has 53 heavy (non-hydrogen) atoms. The molecule has 0 N–H and O–H groups in total. The van der Waals surface area contributed by atoms with Gasteiger partial charge in [0.25, 0.3) is 0 Å². The Morgan fingerprint density at radius 3 is 1.96 bits per heavy atom. The van der Waals surface area contributed by atoms with E-state index >= 15 is 0 Å². The van der Waals surface area contributed by atoms with Crippen molar-refractivity contribution >= 4 is 17.8 Å². The van der Waals surface area contributed by atoms with Crippen LogP contribution in [0.2, 0.25) is 0 Å². The highest BCUT2D eigenvalue weighted by molar-refractivity contribution is 5.81. The molecule has 1 amide bonds. The van der Waals surface area contributed by atoms with Crippen molar-refractivity contribution in [2.75, 3.05) is 6.54 Å². The summed E-state index contributed by atoms with van der Waals surface area (Å²) in [7, 11) is 0. The van der Waals surface area contributed by atoms with Gasteiger partial charge in [-0.3, -0.25) is 4.84 Å². The zero-order valence-corrected chi connectivity index (χ0v) is 31.8. The predicted octanol–water partition coefficient (Wildman–Crippen LogP) is 11.1. The summed E-state index contributed by atoms with van der Waals surface area (Å²) in [6.07, 6.45) is -4.64. The largest absolute Gasteiger partial charge is 0.534 e. The van der Waals surface area contributed by atoms with Crippen LogP contribution < -0.4 is 4.74 Å². The third-order valence-corrected chi connectivity index (χ3v) is 7.57. The first kappa shape index (κ1) is 40.5. The first-order valence-corrected chi connectivity index (χ1v) is 17.1. The molecule has 0 saturated carbocycles. The van der Waals surface area contributed by atoms with Gasteiger partial charge >= 0.3 is 18.4 Å². The van der Waals surface area contributed by atoms with Crippen molar-refractivity contribution in [1.82, 2.24) is 10.0 Å². The van der Waals surface area contributed by atoms with Gasteiger partial charge in [-0.05, 0) is 113 Å². The number of ether oxygens (including phenoxy) is 3. The van der Waals surface area contributed by atoms with E-state index in [4.69, 9.17) is 23.5 Å². The Bertz CT molecular complexity index is 1910. The Labute approximate surface area is 308 Å². The van der Waals surface area contributed by atoms with Gasteiger partial charge in [-0.2, -0.15) is 13.2 Å². The topological polar surface area (TPSA) is 100 Å². The van der Waals surface area contributed by atoms with Gasteiger partial charge in [-0.15, -0.1) is 5.06 Å². The zero-order chi connectivity index (χ0) is 39.4. The maximum Gasteiger partial charge on any atom is 0.534 e. The van der Waals surface area contributed by atoms with E-state index in [0.717, 1.165) is 33.9 Å². The average molecular weight is 737 g/mol. The molecule has 12 heteroatoms. The normalized spacial score (nSPS) is 12.7. The van der Waals surface area contributed by atoms with Crippen LogP contribution >= 0.6 is 0 Å². The first-order chi connectivity index (χ1) is 24.5. The molecular weight excluding hydrogens is 689 g/mol. The summed E-state index contributed by atoms with van der Waals surface area (Å²) in [4.78, 5) is 35.7. The van der Waals surface area contributed by atoms with E-state index in [1.165, 1.54) is 12.1 Å². The van der Waals surface area contributed by atoms with Crippen molar-refractivity contribution in [3.8, 4) is 17.2 Å². The molecule has 9 nitrogen and oxygen atoms in total. The van der Waals surface area contributed by atoms with Crippen LogP contribution in [0.3, 0.4) is 0 Å². The number of hydrogen-bond acceptors (Lipinski definition) is 8. The van der Waals surface area contributed by atoms with Crippen LogP contribution in [0.1, 0.15) is 96.0 Å². The number of rotatable bonds is 8. The molecule has 4 rings (SSSR count). The van der Waals surface area contributed by atoms with Crippen LogP contribution in [0.4, 0.5) is 22.8 Å². The quantitative estimate of drug-likeness (QED) is 0.130. The lowest BCUT2D eigenvalue weighted by atomic mass is 9.85. The molecule has 0 aliphatic carbocycles. The molecule has 0 saturated heterocycles. The first-order valence-electron chi connectivity index (χ1n) is 17.1. The van der Waals surface area contributed by atoms with Gasteiger partial charge < -0.3 is 18.6 Å².